The quantitative estimate of drug-likeness (QED) is 0.718. The van der Waals surface area contributed by atoms with E-state index in [9.17, 15) is 0 Å². The molecule has 1 saturated carbocycles. The summed E-state index contributed by atoms with van der Waals surface area (Å²) in [7, 11) is 0. The van der Waals surface area contributed by atoms with Crippen molar-refractivity contribution in [2.24, 2.45) is 11.7 Å². The van der Waals surface area contributed by atoms with E-state index in [1.165, 1.54) is 37.8 Å². The van der Waals surface area contributed by atoms with Crippen LogP contribution in [-0.4, -0.2) is 4.98 Å². The normalized spacial score (nSPS) is 21.6. The number of H-pyrrole nitrogens is 1. The Hall–Kier alpha value is -0.760. The van der Waals surface area contributed by atoms with Crippen LogP contribution < -0.4 is 5.73 Å². The SMILES string of the molecule is N[C@H](c1ccc[nH]1)C1CCCCC1. The molecule has 0 aliphatic heterocycles. The molecule has 0 spiro atoms. The van der Waals surface area contributed by atoms with Gasteiger partial charge in [-0.2, -0.15) is 0 Å². The molecule has 1 atom stereocenters. The fourth-order valence-electron chi connectivity index (χ4n) is 2.30. The average Bonchev–Trinajstić information content (AvgIpc) is 2.71. The third-order valence-electron chi connectivity index (χ3n) is 3.14. The van der Waals surface area contributed by atoms with E-state index in [1.54, 1.807) is 0 Å². The van der Waals surface area contributed by atoms with Gasteiger partial charge >= 0.3 is 0 Å². The van der Waals surface area contributed by atoms with Crippen LogP contribution in [-0.2, 0) is 0 Å². The Labute approximate surface area is 79.5 Å². The Morgan fingerprint density at radius 1 is 1.31 bits per heavy atom. The van der Waals surface area contributed by atoms with E-state index >= 15 is 0 Å². The number of aromatic nitrogens is 1. The van der Waals surface area contributed by atoms with Crippen molar-refractivity contribution in [1.29, 1.82) is 0 Å². The highest BCUT2D eigenvalue weighted by Gasteiger charge is 2.21. The largest absolute Gasteiger partial charge is 0.364 e. The third-order valence-corrected chi connectivity index (χ3v) is 3.14. The number of hydrogen-bond donors (Lipinski definition) is 2. The van der Waals surface area contributed by atoms with Crippen LogP contribution >= 0.6 is 0 Å². The monoisotopic (exact) mass is 178 g/mol. The Morgan fingerprint density at radius 3 is 2.69 bits per heavy atom. The van der Waals surface area contributed by atoms with Crippen LogP contribution in [0.25, 0.3) is 0 Å². The van der Waals surface area contributed by atoms with Crippen molar-refractivity contribution in [2.45, 2.75) is 38.1 Å². The number of rotatable bonds is 2. The zero-order chi connectivity index (χ0) is 9.10. The Balaban J connectivity index is 1.99. The first-order valence-corrected chi connectivity index (χ1v) is 5.27. The van der Waals surface area contributed by atoms with E-state index in [0.717, 1.165) is 0 Å². The fraction of sp³-hybridized carbons (Fsp3) is 0.636. The maximum atomic E-state index is 6.18. The highest BCUT2D eigenvalue weighted by molar-refractivity contribution is 5.09. The van der Waals surface area contributed by atoms with Crippen LogP contribution in [0.2, 0.25) is 0 Å². The molecule has 0 aromatic carbocycles. The maximum absolute atomic E-state index is 6.18. The summed E-state index contributed by atoms with van der Waals surface area (Å²) in [6.45, 7) is 0. The minimum absolute atomic E-state index is 0.232. The molecule has 2 nitrogen and oxygen atoms in total. The second-order valence-electron chi connectivity index (χ2n) is 4.05. The van der Waals surface area contributed by atoms with Crippen LogP contribution in [0, 0.1) is 5.92 Å². The van der Waals surface area contributed by atoms with Crippen molar-refractivity contribution >= 4 is 0 Å². The first kappa shape index (κ1) is 8.82. The van der Waals surface area contributed by atoms with Crippen LogP contribution in [0.15, 0.2) is 18.3 Å². The molecule has 0 bridgehead atoms. The zero-order valence-corrected chi connectivity index (χ0v) is 8.00. The molecular weight excluding hydrogens is 160 g/mol. The second-order valence-corrected chi connectivity index (χ2v) is 4.05. The summed E-state index contributed by atoms with van der Waals surface area (Å²) in [5, 5.41) is 0. The van der Waals surface area contributed by atoms with Gasteiger partial charge in [0.2, 0.25) is 0 Å². The van der Waals surface area contributed by atoms with Crippen molar-refractivity contribution in [1.82, 2.24) is 4.98 Å². The van der Waals surface area contributed by atoms with Gasteiger partial charge < -0.3 is 10.7 Å². The van der Waals surface area contributed by atoms with E-state index in [-0.39, 0.29) is 6.04 Å². The van der Waals surface area contributed by atoms with Crippen molar-refractivity contribution in [2.75, 3.05) is 0 Å². The Kier molecular flexibility index (Phi) is 2.69. The molecule has 3 N–H and O–H groups in total. The standard InChI is InChI=1S/C11H18N2/c12-11(10-7-4-8-13-10)9-5-2-1-3-6-9/h4,7-9,11,13H,1-3,5-6,12H2/t11-/m0/s1. The first-order chi connectivity index (χ1) is 6.38. The molecule has 72 valence electrons. The highest BCUT2D eigenvalue weighted by Crippen LogP contribution is 2.31. The number of aromatic amines is 1. The number of nitrogens with two attached hydrogens (primary N) is 1. The van der Waals surface area contributed by atoms with Gasteiger partial charge in [-0.1, -0.05) is 19.3 Å². The van der Waals surface area contributed by atoms with Gasteiger partial charge in [0.15, 0.2) is 0 Å². The summed E-state index contributed by atoms with van der Waals surface area (Å²) in [6.07, 6.45) is 8.69. The minimum atomic E-state index is 0.232. The topological polar surface area (TPSA) is 41.8 Å². The summed E-state index contributed by atoms with van der Waals surface area (Å²) >= 11 is 0. The van der Waals surface area contributed by atoms with Gasteiger partial charge in [-0.15, -0.1) is 0 Å². The van der Waals surface area contributed by atoms with Gasteiger partial charge in [-0.3, -0.25) is 0 Å². The van der Waals surface area contributed by atoms with Crippen LogP contribution in [0.5, 0.6) is 0 Å². The van der Waals surface area contributed by atoms with Gasteiger partial charge in [0.25, 0.3) is 0 Å². The van der Waals surface area contributed by atoms with E-state index < -0.39 is 0 Å². The lowest BCUT2D eigenvalue weighted by Gasteiger charge is -2.26. The molecule has 1 aromatic heterocycles. The average molecular weight is 178 g/mol. The van der Waals surface area contributed by atoms with Gasteiger partial charge in [0.05, 0.1) is 0 Å². The number of nitrogens with one attached hydrogen (secondary N) is 1. The van der Waals surface area contributed by atoms with E-state index in [4.69, 9.17) is 5.73 Å². The lowest BCUT2D eigenvalue weighted by molar-refractivity contribution is 0.305. The van der Waals surface area contributed by atoms with Crippen LogP contribution in [0.1, 0.15) is 43.8 Å². The van der Waals surface area contributed by atoms with E-state index in [1.807, 2.05) is 12.3 Å². The summed E-state index contributed by atoms with van der Waals surface area (Å²) in [5.74, 6) is 0.701. The van der Waals surface area contributed by atoms with Crippen molar-refractivity contribution in [3.63, 3.8) is 0 Å². The first-order valence-electron chi connectivity index (χ1n) is 5.27. The van der Waals surface area contributed by atoms with Gasteiger partial charge in [0, 0.05) is 17.9 Å². The molecule has 0 unspecified atom stereocenters. The second kappa shape index (κ2) is 3.97. The fourth-order valence-corrected chi connectivity index (χ4v) is 2.30. The molecule has 2 heteroatoms. The molecule has 1 aliphatic carbocycles. The van der Waals surface area contributed by atoms with Crippen LogP contribution in [0.3, 0.4) is 0 Å². The van der Waals surface area contributed by atoms with Crippen molar-refractivity contribution < 1.29 is 0 Å². The molecule has 2 rings (SSSR count). The Morgan fingerprint density at radius 2 is 2.08 bits per heavy atom. The zero-order valence-electron chi connectivity index (χ0n) is 8.00. The molecule has 0 saturated heterocycles. The predicted octanol–water partition coefficient (Wildman–Crippen LogP) is 2.59. The van der Waals surface area contributed by atoms with Gasteiger partial charge in [0.1, 0.15) is 0 Å². The maximum Gasteiger partial charge on any atom is 0.0476 e. The lowest BCUT2D eigenvalue weighted by Crippen LogP contribution is -2.23. The molecule has 13 heavy (non-hydrogen) atoms. The third kappa shape index (κ3) is 1.94. The minimum Gasteiger partial charge on any atom is -0.364 e. The van der Waals surface area contributed by atoms with E-state index in [2.05, 4.69) is 11.1 Å². The summed E-state index contributed by atoms with van der Waals surface area (Å²) in [5.41, 5.74) is 7.38. The van der Waals surface area contributed by atoms with Gasteiger partial charge in [-0.05, 0) is 30.9 Å². The molecule has 1 fully saturated rings. The molecule has 1 heterocycles. The molecule has 1 aromatic rings. The lowest BCUT2D eigenvalue weighted by atomic mass is 9.83. The predicted molar refractivity (Wildman–Crippen MR) is 54.3 cm³/mol. The summed E-state index contributed by atoms with van der Waals surface area (Å²) in [6, 6.07) is 4.35. The number of hydrogen-bond acceptors (Lipinski definition) is 1. The van der Waals surface area contributed by atoms with Crippen molar-refractivity contribution in [3.05, 3.63) is 24.0 Å². The molecular formula is C11H18N2. The summed E-state index contributed by atoms with van der Waals surface area (Å²) < 4.78 is 0. The van der Waals surface area contributed by atoms with Crippen molar-refractivity contribution in [3.8, 4) is 0 Å². The summed E-state index contributed by atoms with van der Waals surface area (Å²) in [4.78, 5) is 3.21. The highest BCUT2D eigenvalue weighted by atomic mass is 14.8. The molecule has 0 radical (unpaired) electrons. The van der Waals surface area contributed by atoms with Crippen LogP contribution in [0.4, 0.5) is 0 Å². The van der Waals surface area contributed by atoms with E-state index in [0.29, 0.717) is 5.92 Å². The van der Waals surface area contributed by atoms with Gasteiger partial charge in [-0.25, -0.2) is 0 Å². The molecule has 1 aliphatic rings. The molecule has 0 amide bonds. The Bertz CT molecular complexity index is 235. The smallest absolute Gasteiger partial charge is 0.0476 e.